The molecule has 24 heavy (non-hydrogen) atoms. The SMILES string of the molecule is CC(C)c1ccc2c(c1N)P(=O)(C(C)C)c1ccccc1C2(C)C. The van der Waals surface area contributed by atoms with Crippen molar-refractivity contribution in [2.24, 2.45) is 0 Å². The van der Waals surface area contributed by atoms with Crippen LogP contribution in [0.25, 0.3) is 0 Å². The molecule has 0 aliphatic carbocycles. The Morgan fingerprint density at radius 1 is 0.958 bits per heavy atom. The second-order valence-electron chi connectivity index (χ2n) is 8.01. The van der Waals surface area contributed by atoms with Gasteiger partial charge in [-0.05, 0) is 22.6 Å². The van der Waals surface area contributed by atoms with Crippen LogP contribution in [0.4, 0.5) is 5.69 Å². The van der Waals surface area contributed by atoms with E-state index in [-0.39, 0.29) is 11.1 Å². The molecule has 1 unspecified atom stereocenters. The fourth-order valence-corrected chi connectivity index (χ4v) is 7.62. The molecule has 1 aliphatic heterocycles. The first-order valence-electron chi connectivity index (χ1n) is 8.76. The van der Waals surface area contributed by atoms with E-state index in [4.69, 9.17) is 5.73 Å². The third-order valence-corrected chi connectivity index (χ3v) is 9.25. The predicted molar refractivity (Wildman–Crippen MR) is 106 cm³/mol. The van der Waals surface area contributed by atoms with Gasteiger partial charge < -0.3 is 10.3 Å². The summed E-state index contributed by atoms with van der Waals surface area (Å²) in [5.41, 5.74) is 10.6. The van der Waals surface area contributed by atoms with Crippen molar-refractivity contribution < 1.29 is 4.57 Å². The third kappa shape index (κ3) is 2.12. The molecule has 2 nitrogen and oxygen atoms in total. The van der Waals surface area contributed by atoms with Crippen LogP contribution in [0.2, 0.25) is 0 Å². The van der Waals surface area contributed by atoms with Crippen molar-refractivity contribution in [3.63, 3.8) is 0 Å². The highest BCUT2D eigenvalue weighted by Crippen LogP contribution is 2.57. The second kappa shape index (κ2) is 5.49. The largest absolute Gasteiger partial charge is 0.398 e. The molecule has 0 radical (unpaired) electrons. The summed E-state index contributed by atoms with van der Waals surface area (Å²) in [7, 11) is -2.77. The van der Waals surface area contributed by atoms with Crippen LogP contribution in [0.3, 0.4) is 0 Å². The molecule has 0 aromatic heterocycles. The average Bonchev–Trinajstić information content (AvgIpc) is 2.52. The molecule has 2 aromatic rings. The van der Waals surface area contributed by atoms with E-state index in [0.29, 0.717) is 5.92 Å². The number of hydrogen-bond donors (Lipinski definition) is 1. The van der Waals surface area contributed by atoms with Crippen LogP contribution in [-0.2, 0) is 9.98 Å². The Hall–Kier alpha value is -1.53. The molecule has 0 saturated heterocycles. The van der Waals surface area contributed by atoms with Crippen molar-refractivity contribution in [1.82, 2.24) is 0 Å². The van der Waals surface area contributed by atoms with Gasteiger partial charge >= 0.3 is 0 Å². The molecule has 2 aromatic carbocycles. The monoisotopic (exact) mass is 341 g/mol. The second-order valence-corrected chi connectivity index (χ2v) is 11.3. The molecule has 2 N–H and O–H groups in total. The Morgan fingerprint density at radius 2 is 1.58 bits per heavy atom. The Labute approximate surface area is 145 Å². The van der Waals surface area contributed by atoms with Gasteiger partial charge in [0.1, 0.15) is 7.14 Å². The molecule has 0 fully saturated rings. The van der Waals surface area contributed by atoms with E-state index in [1.54, 1.807) is 0 Å². The van der Waals surface area contributed by atoms with Gasteiger partial charge in [-0.15, -0.1) is 0 Å². The van der Waals surface area contributed by atoms with E-state index in [1.807, 2.05) is 18.2 Å². The summed E-state index contributed by atoms with van der Waals surface area (Å²) in [5, 5.41) is 1.90. The van der Waals surface area contributed by atoms with E-state index >= 15 is 0 Å². The minimum Gasteiger partial charge on any atom is -0.398 e. The van der Waals surface area contributed by atoms with Gasteiger partial charge in [-0.1, -0.05) is 77.9 Å². The van der Waals surface area contributed by atoms with E-state index in [2.05, 4.69) is 59.7 Å². The summed E-state index contributed by atoms with van der Waals surface area (Å²) in [4.78, 5) is 0. The fraction of sp³-hybridized carbons (Fsp3) is 0.429. The Morgan fingerprint density at radius 3 is 2.17 bits per heavy atom. The lowest BCUT2D eigenvalue weighted by atomic mass is 9.76. The molecular formula is C21H28NOP. The van der Waals surface area contributed by atoms with Gasteiger partial charge in [-0.25, -0.2) is 0 Å². The molecular weight excluding hydrogens is 313 g/mol. The lowest BCUT2D eigenvalue weighted by molar-refractivity contribution is 0.575. The van der Waals surface area contributed by atoms with Gasteiger partial charge in [0, 0.05) is 27.4 Å². The van der Waals surface area contributed by atoms with Gasteiger partial charge in [-0.2, -0.15) is 0 Å². The quantitative estimate of drug-likeness (QED) is 0.632. The zero-order valence-corrected chi connectivity index (χ0v) is 16.4. The van der Waals surface area contributed by atoms with E-state index in [1.165, 1.54) is 5.56 Å². The number of hydrogen-bond acceptors (Lipinski definition) is 2. The van der Waals surface area contributed by atoms with Crippen LogP contribution in [-0.4, -0.2) is 5.66 Å². The molecule has 1 heterocycles. The van der Waals surface area contributed by atoms with Crippen molar-refractivity contribution in [1.29, 1.82) is 0 Å². The summed E-state index contributed by atoms with van der Waals surface area (Å²) in [6.45, 7) is 12.8. The van der Waals surface area contributed by atoms with Crippen LogP contribution >= 0.6 is 7.14 Å². The van der Waals surface area contributed by atoms with Crippen molar-refractivity contribution in [2.75, 3.05) is 5.73 Å². The highest BCUT2D eigenvalue weighted by atomic mass is 31.2. The van der Waals surface area contributed by atoms with Crippen LogP contribution < -0.4 is 16.3 Å². The van der Waals surface area contributed by atoms with Crippen LogP contribution in [0.5, 0.6) is 0 Å². The number of fused-ring (bicyclic) bond motifs is 2. The summed E-state index contributed by atoms with van der Waals surface area (Å²) < 4.78 is 14.4. The number of anilines is 1. The first-order valence-corrected chi connectivity index (χ1v) is 10.5. The van der Waals surface area contributed by atoms with Gasteiger partial charge in [0.15, 0.2) is 0 Å². The van der Waals surface area contributed by atoms with E-state index in [9.17, 15) is 4.57 Å². The van der Waals surface area contributed by atoms with Gasteiger partial charge in [0.25, 0.3) is 0 Å². The Kier molecular flexibility index (Phi) is 3.96. The van der Waals surface area contributed by atoms with Crippen molar-refractivity contribution >= 4 is 23.4 Å². The molecule has 3 heteroatoms. The van der Waals surface area contributed by atoms with Gasteiger partial charge in [-0.3, -0.25) is 0 Å². The lowest BCUT2D eigenvalue weighted by Crippen LogP contribution is -2.42. The normalized spacial score (nSPS) is 21.7. The zero-order chi connectivity index (χ0) is 17.9. The molecule has 1 atom stereocenters. The molecule has 128 valence electrons. The van der Waals surface area contributed by atoms with Crippen LogP contribution in [0.15, 0.2) is 36.4 Å². The molecule has 3 rings (SSSR count). The third-order valence-electron chi connectivity index (χ3n) is 5.54. The first-order chi connectivity index (χ1) is 11.1. The standard InChI is InChI=1S/C21H28NOP/c1-13(2)15-11-12-17-20(19(15)22)24(23,14(3)4)18-10-8-7-9-16(18)21(17,5)6/h7-14H,22H2,1-6H3. The van der Waals surface area contributed by atoms with E-state index < -0.39 is 7.14 Å². The maximum absolute atomic E-state index is 14.4. The predicted octanol–water partition coefficient (Wildman–Crippen LogP) is 4.75. The number of rotatable bonds is 2. The average molecular weight is 341 g/mol. The molecule has 0 amide bonds. The molecule has 0 saturated carbocycles. The Balaban J connectivity index is 2.49. The lowest BCUT2D eigenvalue weighted by Gasteiger charge is -2.42. The minimum absolute atomic E-state index is 0.0261. The summed E-state index contributed by atoms with van der Waals surface area (Å²) >= 11 is 0. The highest BCUT2D eigenvalue weighted by Gasteiger charge is 2.46. The van der Waals surface area contributed by atoms with Gasteiger partial charge in [0.2, 0.25) is 0 Å². The van der Waals surface area contributed by atoms with Crippen LogP contribution in [0.1, 0.15) is 64.2 Å². The molecule has 0 spiro atoms. The van der Waals surface area contributed by atoms with Gasteiger partial charge in [0.05, 0.1) is 0 Å². The number of benzene rings is 2. The summed E-state index contributed by atoms with van der Waals surface area (Å²) in [5.74, 6) is 0.316. The van der Waals surface area contributed by atoms with Crippen molar-refractivity contribution in [3.8, 4) is 0 Å². The Bertz CT molecular complexity index is 849. The topological polar surface area (TPSA) is 43.1 Å². The fourth-order valence-electron chi connectivity index (χ4n) is 4.08. The van der Waals surface area contributed by atoms with E-state index in [0.717, 1.165) is 27.4 Å². The van der Waals surface area contributed by atoms with Crippen LogP contribution in [0, 0.1) is 0 Å². The maximum Gasteiger partial charge on any atom is 0.148 e. The van der Waals surface area contributed by atoms with Crippen molar-refractivity contribution in [2.45, 2.75) is 58.5 Å². The smallest absolute Gasteiger partial charge is 0.148 e. The molecule has 1 aliphatic rings. The number of nitrogen functional groups attached to an aromatic ring is 1. The summed E-state index contributed by atoms with van der Waals surface area (Å²) in [6.07, 6.45) is 0. The minimum atomic E-state index is -2.77. The summed E-state index contributed by atoms with van der Waals surface area (Å²) in [6, 6.07) is 12.5. The van der Waals surface area contributed by atoms with Crippen molar-refractivity contribution in [3.05, 3.63) is 53.1 Å². The number of nitrogens with two attached hydrogens (primary N) is 1. The zero-order valence-electron chi connectivity index (χ0n) is 15.6. The molecule has 0 bridgehead atoms. The maximum atomic E-state index is 14.4. The first kappa shape index (κ1) is 17.3. The highest BCUT2D eigenvalue weighted by molar-refractivity contribution is 7.79.